The van der Waals surface area contributed by atoms with E-state index in [0.717, 1.165) is 0 Å². The molecule has 0 unspecified atom stereocenters. The molecule has 2 aromatic carbocycles. The summed E-state index contributed by atoms with van der Waals surface area (Å²) in [6, 6.07) is 13.3. The maximum atomic E-state index is 12.1. The SMILES string of the molecule is COc1ccc(/C=C\C(=O)c2ccc(OCC#N)cc2)cc1O. The highest BCUT2D eigenvalue weighted by atomic mass is 16.5. The van der Waals surface area contributed by atoms with Gasteiger partial charge in [-0.15, -0.1) is 0 Å². The van der Waals surface area contributed by atoms with Crippen LogP contribution in [0, 0.1) is 11.3 Å². The van der Waals surface area contributed by atoms with Crippen LogP contribution < -0.4 is 9.47 Å². The van der Waals surface area contributed by atoms with Crippen LogP contribution in [0.15, 0.2) is 48.5 Å². The number of hydrogen-bond donors (Lipinski definition) is 1. The number of phenolic OH excluding ortho intramolecular Hbond substituents is 1. The van der Waals surface area contributed by atoms with Crippen LogP contribution in [0.4, 0.5) is 0 Å². The second-order valence-corrected chi connectivity index (χ2v) is 4.60. The van der Waals surface area contributed by atoms with E-state index in [1.54, 1.807) is 42.5 Å². The van der Waals surface area contributed by atoms with Gasteiger partial charge >= 0.3 is 0 Å². The highest BCUT2D eigenvalue weighted by Crippen LogP contribution is 2.26. The molecule has 0 atom stereocenters. The predicted molar refractivity (Wildman–Crippen MR) is 85.6 cm³/mol. The quantitative estimate of drug-likeness (QED) is 0.654. The first kappa shape index (κ1) is 16.1. The number of rotatable bonds is 6. The summed E-state index contributed by atoms with van der Waals surface area (Å²) in [4.78, 5) is 12.1. The Hall–Kier alpha value is -3.26. The fourth-order valence-electron chi connectivity index (χ4n) is 1.91. The van der Waals surface area contributed by atoms with Crippen molar-refractivity contribution in [3.63, 3.8) is 0 Å². The third-order valence-electron chi connectivity index (χ3n) is 3.07. The molecule has 0 aliphatic carbocycles. The molecular formula is C18H15NO4. The molecule has 116 valence electrons. The van der Waals surface area contributed by atoms with Crippen LogP contribution in [0.3, 0.4) is 0 Å². The summed E-state index contributed by atoms with van der Waals surface area (Å²) in [5.74, 6) is 0.752. The fraction of sp³-hybridized carbons (Fsp3) is 0.111. The molecule has 0 heterocycles. The van der Waals surface area contributed by atoms with Crippen molar-refractivity contribution in [1.29, 1.82) is 5.26 Å². The van der Waals surface area contributed by atoms with Crippen molar-refractivity contribution in [2.45, 2.75) is 0 Å². The summed E-state index contributed by atoms with van der Waals surface area (Å²) < 4.78 is 10.1. The number of carbonyl (C=O) groups excluding carboxylic acids is 1. The average Bonchev–Trinajstić information content (AvgIpc) is 2.58. The van der Waals surface area contributed by atoms with Gasteiger partial charge < -0.3 is 14.6 Å². The van der Waals surface area contributed by atoms with Crippen LogP contribution in [-0.2, 0) is 0 Å². The van der Waals surface area contributed by atoms with Gasteiger partial charge in [-0.05, 0) is 48.0 Å². The van der Waals surface area contributed by atoms with Crippen molar-refractivity contribution < 1.29 is 19.4 Å². The van der Waals surface area contributed by atoms with Crippen molar-refractivity contribution in [2.75, 3.05) is 13.7 Å². The number of phenols is 1. The Labute approximate surface area is 134 Å². The first-order valence-corrected chi connectivity index (χ1v) is 6.83. The van der Waals surface area contributed by atoms with Gasteiger partial charge in [-0.3, -0.25) is 4.79 Å². The Morgan fingerprint density at radius 1 is 1.26 bits per heavy atom. The highest BCUT2D eigenvalue weighted by Gasteiger charge is 2.04. The minimum absolute atomic E-state index is 0.0149. The lowest BCUT2D eigenvalue weighted by molar-refractivity contribution is 0.104. The molecule has 0 fully saturated rings. The molecule has 1 N–H and O–H groups in total. The molecule has 0 bridgehead atoms. The zero-order valence-corrected chi connectivity index (χ0v) is 12.5. The molecule has 2 aromatic rings. The second kappa shape index (κ2) is 7.66. The molecular weight excluding hydrogens is 294 g/mol. The topological polar surface area (TPSA) is 79.5 Å². The molecule has 5 nitrogen and oxygen atoms in total. The van der Waals surface area contributed by atoms with Crippen LogP contribution in [0.1, 0.15) is 15.9 Å². The zero-order valence-electron chi connectivity index (χ0n) is 12.5. The normalized spacial score (nSPS) is 10.3. The van der Waals surface area contributed by atoms with E-state index in [0.29, 0.717) is 22.6 Å². The number of ether oxygens (including phenoxy) is 2. The van der Waals surface area contributed by atoms with Crippen LogP contribution in [-0.4, -0.2) is 24.6 Å². The first-order valence-electron chi connectivity index (χ1n) is 6.83. The third kappa shape index (κ3) is 4.35. The summed E-state index contributed by atoms with van der Waals surface area (Å²) in [6.07, 6.45) is 3.04. The number of methoxy groups -OCH3 is 1. The van der Waals surface area contributed by atoms with Gasteiger partial charge in [0, 0.05) is 5.56 Å². The van der Waals surface area contributed by atoms with E-state index in [1.165, 1.54) is 19.3 Å². The van der Waals surface area contributed by atoms with Crippen molar-refractivity contribution in [3.05, 3.63) is 59.7 Å². The summed E-state index contributed by atoms with van der Waals surface area (Å²) in [7, 11) is 1.47. The Balaban J connectivity index is 2.06. The highest BCUT2D eigenvalue weighted by molar-refractivity contribution is 6.06. The monoisotopic (exact) mass is 309 g/mol. The largest absolute Gasteiger partial charge is 0.504 e. The molecule has 0 radical (unpaired) electrons. The van der Waals surface area contributed by atoms with E-state index in [9.17, 15) is 9.90 Å². The number of nitrogens with zero attached hydrogens (tertiary/aromatic N) is 1. The van der Waals surface area contributed by atoms with Gasteiger partial charge in [0.15, 0.2) is 23.9 Å². The van der Waals surface area contributed by atoms with Gasteiger partial charge in [-0.25, -0.2) is 0 Å². The number of ketones is 1. The van der Waals surface area contributed by atoms with E-state index in [4.69, 9.17) is 14.7 Å². The molecule has 0 spiro atoms. The number of carbonyl (C=O) groups is 1. The lowest BCUT2D eigenvalue weighted by Gasteiger charge is -2.03. The molecule has 5 heteroatoms. The van der Waals surface area contributed by atoms with Gasteiger partial charge in [0.25, 0.3) is 0 Å². The fourth-order valence-corrected chi connectivity index (χ4v) is 1.91. The molecule has 0 amide bonds. The lowest BCUT2D eigenvalue weighted by Crippen LogP contribution is -1.96. The number of aromatic hydroxyl groups is 1. The van der Waals surface area contributed by atoms with Crippen molar-refractivity contribution in [2.24, 2.45) is 0 Å². The number of allylic oxidation sites excluding steroid dienone is 1. The molecule has 0 saturated carbocycles. The van der Waals surface area contributed by atoms with E-state index < -0.39 is 0 Å². The van der Waals surface area contributed by atoms with Gasteiger partial charge in [-0.2, -0.15) is 5.26 Å². The predicted octanol–water partition coefficient (Wildman–Crippen LogP) is 3.20. The van der Waals surface area contributed by atoms with Gasteiger partial charge in [0.05, 0.1) is 7.11 Å². The minimum Gasteiger partial charge on any atom is -0.504 e. The molecule has 0 aromatic heterocycles. The average molecular weight is 309 g/mol. The van der Waals surface area contributed by atoms with E-state index >= 15 is 0 Å². The third-order valence-corrected chi connectivity index (χ3v) is 3.07. The molecule has 0 aliphatic heterocycles. The summed E-state index contributed by atoms with van der Waals surface area (Å²) in [6.45, 7) is -0.0336. The Morgan fingerprint density at radius 2 is 2.00 bits per heavy atom. The molecule has 0 saturated heterocycles. The van der Waals surface area contributed by atoms with Gasteiger partial charge in [-0.1, -0.05) is 12.1 Å². The number of hydrogen-bond acceptors (Lipinski definition) is 5. The smallest absolute Gasteiger partial charge is 0.185 e. The maximum absolute atomic E-state index is 12.1. The Kier molecular flexibility index (Phi) is 5.37. The van der Waals surface area contributed by atoms with Crippen LogP contribution in [0.25, 0.3) is 6.08 Å². The second-order valence-electron chi connectivity index (χ2n) is 4.60. The maximum Gasteiger partial charge on any atom is 0.185 e. The van der Waals surface area contributed by atoms with E-state index in [-0.39, 0.29) is 18.1 Å². The Bertz CT molecular complexity index is 758. The summed E-state index contributed by atoms with van der Waals surface area (Å²) >= 11 is 0. The van der Waals surface area contributed by atoms with Crippen LogP contribution in [0.5, 0.6) is 17.2 Å². The van der Waals surface area contributed by atoms with E-state index in [1.807, 2.05) is 6.07 Å². The molecule has 23 heavy (non-hydrogen) atoms. The summed E-state index contributed by atoms with van der Waals surface area (Å²) in [5, 5.41) is 18.1. The molecule has 0 aliphatic rings. The summed E-state index contributed by atoms with van der Waals surface area (Å²) in [5.41, 5.74) is 1.19. The van der Waals surface area contributed by atoms with Gasteiger partial charge in [0.1, 0.15) is 11.8 Å². The molecule has 2 rings (SSSR count). The minimum atomic E-state index is -0.174. The van der Waals surface area contributed by atoms with Crippen LogP contribution >= 0.6 is 0 Å². The lowest BCUT2D eigenvalue weighted by atomic mass is 10.1. The number of benzene rings is 2. The van der Waals surface area contributed by atoms with Crippen LogP contribution in [0.2, 0.25) is 0 Å². The standard InChI is InChI=1S/C18H15NO4/c1-22-18-9-3-13(12-17(18)21)2-8-16(20)14-4-6-15(7-5-14)23-11-10-19/h2-9,12,21H,11H2,1H3/b8-2-. The van der Waals surface area contributed by atoms with Crippen molar-refractivity contribution in [1.82, 2.24) is 0 Å². The van der Waals surface area contributed by atoms with E-state index in [2.05, 4.69) is 0 Å². The Morgan fingerprint density at radius 3 is 2.61 bits per heavy atom. The number of nitriles is 1. The first-order chi connectivity index (χ1) is 11.1. The van der Waals surface area contributed by atoms with Crippen molar-refractivity contribution >= 4 is 11.9 Å². The van der Waals surface area contributed by atoms with Crippen molar-refractivity contribution in [3.8, 4) is 23.3 Å². The van der Waals surface area contributed by atoms with Gasteiger partial charge in [0.2, 0.25) is 0 Å². The zero-order chi connectivity index (χ0) is 16.7.